The van der Waals surface area contributed by atoms with Gasteiger partial charge in [-0.25, -0.2) is 0 Å². The van der Waals surface area contributed by atoms with E-state index in [1.54, 1.807) is 19.2 Å². The third-order valence-corrected chi connectivity index (χ3v) is 3.10. The van der Waals surface area contributed by atoms with Gasteiger partial charge in [-0.2, -0.15) is 5.26 Å². The van der Waals surface area contributed by atoms with E-state index in [2.05, 4.69) is 30.1 Å². The lowest BCUT2D eigenvalue weighted by Gasteiger charge is -2.23. The van der Waals surface area contributed by atoms with Crippen molar-refractivity contribution in [3.63, 3.8) is 0 Å². The standard InChI is InChI=1S/C15H22N4O2/c1-12(2)10-18(8-4-7-16)11-13-5-6-14(17-3)15(9-13)19(20)21/h5-6,9,12,17H,4,8,10-11H2,1-3H3. The molecular weight excluding hydrogens is 268 g/mol. The summed E-state index contributed by atoms with van der Waals surface area (Å²) >= 11 is 0. The normalized spacial score (nSPS) is 10.7. The van der Waals surface area contributed by atoms with Crippen LogP contribution in [0.25, 0.3) is 0 Å². The Labute approximate surface area is 125 Å². The molecule has 21 heavy (non-hydrogen) atoms. The molecule has 114 valence electrons. The Morgan fingerprint density at radius 1 is 1.48 bits per heavy atom. The van der Waals surface area contributed by atoms with Gasteiger partial charge < -0.3 is 5.32 Å². The van der Waals surface area contributed by atoms with E-state index in [0.717, 1.165) is 12.1 Å². The van der Waals surface area contributed by atoms with Crippen molar-refractivity contribution in [1.82, 2.24) is 4.90 Å². The molecule has 0 aliphatic rings. The average molecular weight is 290 g/mol. The van der Waals surface area contributed by atoms with E-state index >= 15 is 0 Å². The fourth-order valence-electron chi connectivity index (χ4n) is 2.26. The minimum Gasteiger partial charge on any atom is -0.383 e. The lowest BCUT2D eigenvalue weighted by atomic mass is 10.1. The quantitative estimate of drug-likeness (QED) is 0.588. The Kier molecular flexibility index (Phi) is 6.63. The van der Waals surface area contributed by atoms with Gasteiger partial charge in [0.2, 0.25) is 0 Å². The summed E-state index contributed by atoms with van der Waals surface area (Å²) in [5.41, 5.74) is 1.48. The van der Waals surface area contributed by atoms with E-state index in [1.165, 1.54) is 0 Å². The Balaban J connectivity index is 2.90. The molecule has 0 aliphatic heterocycles. The smallest absolute Gasteiger partial charge is 0.292 e. The largest absolute Gasteiger partial charge is 0.383 e. The van der Waals surface area contributed by atoms with Gasteiger partial charge in [-0.15, -0.1) is 0 Å². The molecule has 0 spiro atoms. The van der Waals surface area contributed by atoms with Gasteiger partial charge in [-0.3, -0.25) is 15.0 Å². The summed E-state index contributed by atoms with van der Waals surface area (Å²) in [6, 6.07) is 7.36. The second kappa shape index (κ2) is 8.22. The Hall–Kier alpha value is -2.13. The number of nitriles is 1. The molecule has 0 amide bonds. The van der Waals surface area contributed by atoms with Gasteiger partial charge in [-0.05, 0) is 17.5 Å². The molecule has 0 heterocycles. The van der Waals surface area contributed by atoms with Crippen LogP contribution in [0.4, 0.5) is 11.4 Å². The first-order valence-electron chi connectivity index (χ1n) is 7.02. The number of nitro benzene ring substituents is 1. The minimum absolute atomic E-state index is 0.0831. The first-order chi connectivity index (χ1) is 9.97. The number of hydrogen-bond acceptors (Lipinski definition) is 5. The van der Waals surface area contributed by atoms with Crippen LogP contribution < -0.4 is 5.32 Å². The molecule has 0 unspecified atom stereocenters. The number of benzene rings is 1. The second-order valence-electron chi connectivity index (χ2n) is 5.40. The fourth-order valence-corrected chi connectivity index (χ4v) is 2.26. The van der Waals surface area contributed by atoms with Crippen molar-refractivity contribution in [3.05, 3.63) is 33.9 Å². The minimum atomic E-state index is -0.378. The van der Waals surface area contributed by atoms with Gasteiger partial charge in [-0.1, -0.05) is 19.9 Å². The summed E-state index contributed by atoms with van der Waals surface area (Å²) in [4.78, 5) is 12.9. The van der Waals surface area contributed by atoms with Crippen molar-refractivity contribution < 1.29 is 4.92 Å². The zero-order valence-corrected chi connectivity index (χ0v) is 12.8. The summed E-state index contributed by atoms with van der Waals surface area (Å²) < 4.78 is 0. The SMILES string of the molecule is CNc1ccc(CN(CCC#N)CC(C)C)cc1[N+](=O)[O-]. The van der Waals surface area contributed by atoms with E-state index in [4.69, 9.17) is 5.26 Å². The fraction of sp³-hybridized carbons (Fsp3) is 0.533. The van der Waals surface area contributed by atoms with Crippen molar-refractivity contribution in [2.24, 2.45) is 5.92 Å². The predicted octanol–water partition coefficient (Wildman–Crippen LogP) is 3.01. The predicted molar refractivity (Wildman–Crippen MR) is 83.0 cm³/mol. The molecule has 0 atom stereocenters. The highest BCUT2D eigenvalue weighted by Gasteiger charge is 2.15. The third kappa shape index (κ3) is 5.40. The average Bonchev–Trinajstić information content (AvgIpc) is 2.44. The highest BCUT2D eigenvalue weighted by Crippen LogP contribution is 2.25. The monoisotopic (exact) mass is 290 g/mol. The molecule has 1 N–H and O–H groups in total. The van der Waals surface area contributed by atoms with Gasteiger partial charge in [0.05, 0.1) is 11.0 Å². The van der Waals surface area contributed by atoms with E-state index in [1.807, 2.05) is 6.07 Å². The number of hydrogen-bond donors (Lipinski definition) is 1. The van der Waals surface area contributed by atoms with Crippen LogP contribution in [0, 0.1) is 27.4 Å². The number of nitro groups is 1. The van der Waals surface area contributed by atoms with Crippen molar-refractivity contribution in [3.8, 4) is 6.07 Å². The second-order valence-corrected chi connectivity index (χ2v) is 5.40. The molecule has 0 saturated carbocycles. The maximum atomic E-state index is 11.1. The maximum absolute atomic E-state index is 11.1. The zero-order valence-electron chi connectivity index (χ0n) is 12.8. The maximum Gasteiger partial charge on any atom is 0.292 e. The van der Waals surface area contributed by atoms with Crippen molar-refractivity contribution in [2.45, 2.75) is 26.8 Å². The zero-order chi connectivity index (χ0) is 15.8. The van der Waals surface area contributed by atoms with E-state index < -0.39 is 0 Å². The van der Waals surface area contributed by atoms with Crippen LogP contribution in [-0.4, -0.2) is 30.0 Å². The molecule has 6 nitrogen and oxygen atoms in total. The highest BCUT2D eigenvalue weighted by molar-refractivity contribution is 5.62. The number of nitrogens with one attached hydrogen (secondary N) is 1. The summed E-state index contributed by atoms with van der Waals surface area (Å²) in [6.45, 7) is 6.39. The molecule has 1 aromatic carbocycles. The van der Waals surface area contributed by atoms with Crippen LogP contribution in [-0.2, 0) is 6.54 Å². The molecule has 1 aromatic rings. The van der Waals surface area contributed by atoms with Crippen molar-refractivity contribution in [1.29, 1.82) is 5.26 Å². The van der Waals surface area contributed by atoms with E-state index in [9.17, 15) is 10.1 Å². The summed E-state index contributed by atoms with van der Waals surface area (Å²) in [5.74, 6) is 0.482. The van der Waals surface area contributed by atoms with Gasteiger partial charge in [0.25, 0.3) is 5.69 Å². The molecule has 0 aromatic heterocycles. The molecule has 0 aliphatic carbocycles. The lowest BCUT2D eigenvalue weighted by molar-refractivity contribution is -0.384. The molecule has 1 rings (SSSR count). The van der Waals surface area contributed by atoms with Crippen LogP contribution in [0.5, 0.6) is 0 Å². The van der Waals surface area contributed by atoms with E-state index in [0.29, 0.717) is 31.1 Å². The van der Waals surface area contributed by atoms with Crippen LogP contribution in [0.15, 0.2) is 18.2 Å². The van der Waals surface area contributed by atoms with Crippen molar-refractivity contribution in [2.75, 3.05) is 25.5 Å². The summed E-state index contributed by atoms with van der Waals surface area (Å²) in [7, 11) is 1.67. The van der Waals surface area contributed by atoms with Gasteiger partial charge in [0.15, 0.2) is 0 Å². The lowest BCUT2D eigenvalue weighted by Crippen LogP contribution is -2.28. The van der Waals surface area contributed by atoms with Crippen LogP contribution in [0.3, 0.4) is 0 Å². The topological polar surface area (TPSA) is 82.2 Å². The van der Waals surface area contributed by atoms with Crippen molar-refractivity contribution >= 4 is 11.4 Å². The number of anilines is 1. The molecule has 0 bridgehead atoms. The Bertz CT molecular complexity index is 523. The Morgan fingerprint density at radius 3 is 2.71 bits per heavy atom. The van der Waals surface area contributed by atoms with Gasteiger partial charge in [0, 0.05) is 39.2 Å². The highest BCUT2D eigenvalue weighted by atomic mass is 16.6. The number of rotatable bonds is 8. The first-order valence-corrected chi connectivity index (χ1v) is 7.02. The Morgan fingerprint density at radius 2 is 2.19 bits per heavy atom. The molecule has 0 saturated heterocycles. The van der Waals surface area contributed by atoms with Crippen LogP contribution >= 0.6 is 0 Å². The molecule has 6 heteroatoms. The number of nitrogens with zero attached hydrogens (tertiary/aromatic N) is 3. The summed E-state index contributed by atoms with van der Waals surface area (Å²) in [5, 5.41) is 22.6. The van der Waals surface area contributed by atoms with Gasteiger partial charge in [0.1, 0.15) is 5.69 Å². The van der Waals surface area contributed by atoms with Gasteiger partial charge >= 0.3 is 0 Å². The van der Waals surface area contributed by atoms with E-state index in [-0.39, 0.29) is 10.6 Å². The summed E-state index contributed by atoms with van der Waals surface area (Å²) in [6.07, 6.45) is 0.462. The third-order valence-electron chi connectivity index (χ3n) is 3.10. The molecule has 0 fully saturated rings. The van der Waals surface area contributed by atoms with Crippen LogP contribution in [0.1, 0.15) is 25.8 Å². The molecular formula is C15H22N4O2. The molecule has 0 radical (unpaired) electrons. The first kappa shape index (κ1) is 16.9. The van der Waals surface area contributed by atoms with Crippen LogP contribution in [0.2, 0.25) is 0 Å².